The third-order valence-corrected chi connectivity index (χ3v) is 7.31. The second-order valence-corrected chi connectivity index (χ2v) is 8.94. The molecule has 2 aliphatic rings. The van der Waals surface area contributed by atoms with Gasteiger partial charge in [0.2, 0.25) is 0 Å². The zero-order valence-electron chi connectivity index (χ0n) is 13.2. The third kappa shape index (κ3) is 3.39. The molecule has 2 fully saturated rings. The second-order valence-electron chi connectivity index (χ2n) is 7.09. The Labute approximate surface area is 141 Å². The molecule has 1 saturated heterocycles. The number of nitrogens with one attached hydrogen (secondary N) is 1. The Kier molecular flexibility index (Phi) is 5.09. The first-order valence-corrected chi connectivity index (χ1v) is 9.98. The molecule has 4 heteroatoms. The highest BCUT2D eigenvalue weighted by Crippen LogP contribution is 2.38. The number of hydrogen-bond acceptors (Lipinski definition) is 3. The second kappa shape index (κ2) is 6.69. The topological polar surface area (TPSA) is 15.3 Å². The van der Waals surface area contributed by atoms with Crippen LogP contribution in [0, 0.1) is 5.92 Å². The number of thiophene rings is 1. The van der Waals surface area contributed by atoms with Gasteiger partial charge in [-0.05, 0) is 46.1 Å². The molecule has 21 heavy (non-hydrogen) atoms. The van der Waals surface area contributed by atoms with Crippen molar-refractivity contribution < 1.29 is 0 Å². The van der Waals surface area contributed by atoms with Crippen molar-refractivity contribution in [2.75, 3.05) is 13.1 Å². The Hall–Kier alpha value is 0.1000. The van der Waals surface area contributed by atoms with Gasteiger partial charge in [0.1, 0.15) is 0 Å². The van der Waals surface area contributed by atoms with Crippen molar-refractivity contribution in [2.24, 2.45) is 5.92 Å². The molecule has 0 amide bonds. The van der Waals surface area contributed by atoms with Crippen LogP contribution in [0.25, 0.3) is 0 Å². The lowest BCUT2D eigenvalue weighted by Crippen LogP contribution is -2.65. The van der Waals surface area contributed by atoms with Gasteiger partial charge in [-0.1, -0.05) is 33.1 Å². The van der Waals surface area contributed by atoms with Crippen LogP contribution < -0.4 is 5.32 Å². The van der Waals surface area contributed by atoms with Crippen LogP contribution in [0.5, 0.6) is 0 Å². The zero-order chi connectivity index (χ0) is 14.9. The first-order valence-electron chi connectivity index (χ1n) is 8.31. The molecule has 1 aromatic rings. The summed E-state index contributed by atoms with van der Waals surface area (Å²) >= 11 is 5.61. The first kappa shape index (κ1) is 16.0. The molecule has 1 aliphatic carbocycles. The summed E-state index contributed by atoms with van der Waals surface area (Å²) in [7, 11) is 0. The van der Waals surface area contributed by atoms with Crippen molar-refractivity contribution in [1.29, 1.82) is 0 Å². The Balaban J connectivity index is 1.80. The molecule has 1 N–H and O–H groups in total. The van der Waals surface area contributed by atoms with Gasteiger partial charge in [0.05, 0.1) is 0 Å². The minimum absolute atomic E-state index is 0.410. The van der Waals surface area contributed by atoms with E-state index in [0.29, 0.717) is 17.5 Å². The van der Waals surface area contributed by atoms with Gasteiger partial charge in [0, 0.05) is 40.6 Å². The molecule has 1 saturated carbocycles. The molecule has 1 aliphatic heterocycles. The van der Waals surface area contributed by atoms with Crippen LogP contribution in [0.4, 0.5) is 0 Å². The van der Waals surface area contributed by atoms with Crippen LogP contribution >= 0.6 is 27.3 Å². The van der Waals surface area contributed by atoms with Gasteiger partial charge < -0.3 is 5.32 Å². The van der Waals surface area contributed by atoms with E-state index in [1.807, 2.05) is 11.3 Å². The Bertz CT molecular complexity index is 465. The number of hydrogen-bond donors (Lipinski definition) is 1. The summed E-state index contributed by atoms with van der Waals surface area (Å²) in [5, 5.41) is 6.06. The maximum Gasteiger partial charge on any atom is 0.0346 e. The number of rotatable bonds is 3. The van der Waals surface area contributed by atoms with Crippen LogP contribution in [0.3, 0.4) is 0 Å². The van der Waals surface area contributed by atoms with E-state index >= 15 is 0 Å². The number of halogens is 1. The van der Waals surface area contributed by atoms with Crippen molar-refractivity contribution in [3.8, 4) is 0 Å². The van der Waals surface area contributed by atoms with Crippen LogP contribution in [0.2, 0.25) is 0 Å². The molecular weight excluding hydrogens is 344 g/mol. The van der Waals surface area contributed by atoms with E-state index in [4.69, 9.17) is 0 Å². The van der Waals surface area contributed by atoms with Crippen molar-refractivity contribution in [2.45, 2.75) is 64.1 Å². The molecule has 0 aromatic carbocycles. The van der Waals surface area contributed by atoms with E-state index in [1.165, 1.54) is 54.5 Å². The lowest BCUT2D eigenvalue weighted by molar-refractivity contribution is -0.00363. The fourth-order valence-electron chi connectivity index (χ4n) is 3.92. The maximum absolute atomic E-state index is 3.85. The quantitative estimate of drug-likeness (QED) is 0.833. The zero-order valence-corrected chi connectivity index (χ0v) is 15.6. The van der Waals surface area contributed by atoms with Gasteiger partial charge in [-0.15, -0.1) is 11.3 Å². The summed E-state index contributed by atoms with van der Waals surface area (Å²) in [4.78, 5) is 4.30. The van der Waals surface area contributed by atoms with Gasteiger partial charge in [-0.2, -0.15) is 0 Å². The van der Waals surface area contributed by atoms with Gasteiger partial charge in [-0.25, -0.2) is 0 Å². The fraction of sp³-hybridized carbons (Fsp3) is 0.765. The molecule has 1 spiro atoms. The smallest absolute Gasteiger partial charge is 0.0346 e. The minimum atomic E-state index is 0.410. The van der Waals surface area contributed by atoms with Crippen molar-refractivity contribution in [3.05, 3.63) is 20.8 Å². The summed E-state index contributed by atoms with van der Waals surface area (Å²) in [6.07, 6.45) is 6.96. The minimum Gasteiger partial charge on any atom is -0.311 e. The Morgan fingerprint density at radius 3 is 2.76 bits per heavy atom. The molecule has 0 radical (unpaired) electrons. The predicted molar refractivity (Wildman–Crippen MR) is 94.9 cm³/mol. The first-order chi connectivity index (χ1) is 10.1. The highest BCUT2D eigenvalue weighted by molar-refractivity contribution is 9.10. The molecule has 3 rings (SSSR count). The van der Waals surface area contributed by atoms with E-state index in [0.717, 1.165) is 6.54 Å². The molecule has 2 nitrogen and oxygen atoms in total. The van der Waals surface area contributed by atoms with E-state index in [2.05, 4.69) is 51.4 Å². The summed E-state index contributed by atoms with van der Waals surface area (Å²) in [5.41, 5.74) is 0.410. The fourth-order valence-corrected chi connectivity index (χ4v) is 5.41. The number of nitrogens with zero attached hydrogens (tertiary/aromatic N) is 1. The van der Waals surface area contributed by atoms with Crippen molar-refractivity contribution >= 4 is 27.3 Å². The average Bonchev–Trinajstić information content (AvgIpc) is 2.87. The van der Waals surface area contributed by atoms with Crippen LogP contribution in [0.1, 0.15) is 50.8 Å². The molecule has 1 aromatic heterocycles. The van der Waals surface area contributed by atoms with Crippen molar-refractivity contribution in [3.63, 3.8) is 0 Å². The molecule has 2 heterocycles. The third-order valence-electron chi connectivity index (χ3n) is 5.40. The van der Waals surface area contributed by atoms with Crippen LogP contribution in [0.15, 0.2) is 15.9 Å². The largest absolute Gasteiger partial charge is 0.311 e. The van der Waals surface area contributed by atoms with Gasteiger partial charge in [0.25, 0.3) is 0 Å². The Morgan fingerprint density at radius 2 is 2.14 bits per heavy atom. The SMILES string of the molecule is CC(C)C1CN(Cc2sccc2Br)C2(CCCCC2)CN1. The summed E-state index contributed by atoms with van der Waals surface area (Å²) in [6.45, 7) is 8.18. The average molecular weight is 371 g/mol. The van der Waals surface area contributed by atoms with Crippen molar-refractivity contribution in [1.82, 2.24) is 10.2 Å². The lowest BCUT2D eigenvalue weighted by Gasteiger charge is -2.53. The van der Waals surface area contributed by atoms with E-state index in [9.17, 15) is 0 Å². The highest BCUT2D eigenvalue weighted by Gasteiger charge is 2.42. The monoisotopic (exact) mass is 370 g/mol. The number of piperazine rings is 1. The van der Waals surface area contributed by atoms with Gasteiger partial charge in [-0.3, -0.25) is 4.90 Å². The van der Waals surface area contributed by atoms with Crippen LogP contribution in [-0.4, -0.2) is 29.6 Å². The molecule has 118 valence electrons. The maximum atomic E-state index is 3.85. The molecular formula is C17H27BrN2S. The molecule has 1 atom stereocenters. The highest BCUT2D eigenvalue weighted by atomic mass is 79.9. The summed E-state index contributed by atoms with van der Waals surface area (Å²) < 4.78 is 1.29. The van der Waals surface area contributed by atoms with E-state index in [-0.39, 0.29) is 0 Å². The van der Waals surface area contributed by atoms with Crippen LogP contribution in [-0.2, 0) is 6.54 Å². The molecule has 1 unspecified atom stereocenters. The van der Waals surface area contributed by atoms with Gasteiger partial charge in [0.15, 0.2) is 0 Å². The Morgan fingerprint density at radius 1 is 1.38 bits per heavy atom. The normalized spacial score (nSPS) is 26.6. The lowest BCUT2D eigenvalue weighted by atomic mass is 9.77. The van der Waals surface area contributed by atoms with E-state index < -0.39 is 0 Å². The summed E-state index contributed by atoms with van der Waals surface area (Å²) in [6, 6.07) is 2.83. The summed E-state index contributed by atoms with van der Waals surface area (Å²) in [5.74, 6) is 0.709. The standard InChI is InChI=1S/C17H27BrN2S/c1-13(2)15-10-20(11-16-14(18)6-9-21-16)17(12-19-15)7-4-3-5-8-17/h6,9,13,15,19H,3-5,7-8,10-12H2,1-2H3. The van der Waals surface area contributed by atoms with Gasteiger partial charge >= 0.3 is 0 Å². The predicted octanol–water partition coefficient (Wildman–Crippen LogP) is 4.64. The molecule has 0 bridgehead atoms. The van der Waals surface area contributed by atoms with E-state index in [1.54, 1.807) is 0 Å².